The van der Waals surface area contributed by atoms with E-state index in [2.05, 4.69) is 22.6 Å². The third kappa shape index (κ3) is 4.79. The third-order valence-corrected chi connectivity index (χ3v) is 0.364. The van der Waals surface area contributed by atoms with Gasteiger partial charge in [-0.25, -0.2) is 5.48 Å². The molecule has 0 fully saturated rings. The molecule has 3 heteroatoms. The van der Waals surface area contributed by atoms with Crippen LogP contribution in [0, 0.1) is 0 Å². The van der Waals surface area contributed by atoms with Crippen LogP contribution in [0.15, 0.2) is 18.5 Å². The van der Waals surface area contributed by atoms with E-state index in [0.29, 0.717) is 0 Å². The van der Waals surface area contributed by atoms with Crippen molar-refractivity contribution < 1.29 is 9.63 Å². The van der Waals surface area contributed by atoms with E-state index >= 15 is 0 Å². The molecule has 0 aliphatic carbocycles. The minimum atomic E-state index is -0.392. The molecule has 8 heavy (non-hydrogen) atoms. The number of carbonyl (C=O) groups excluding carboxylic acids is 1. The van der Waals surface area contributed by atoms with E-state index in [-0.39, 0.29) is 0 Å². The van der Waals surface area contributed by atoms with Gasteiger partial charge < -0.3 is 4.84 Å². The van der Waals surface area contributed by atoms with Crippen LogP contribution in [0.1, 0.15) is 6.92 Å². The highest BCUT2D eigenvalue weighted by Gasteiger charge is 1.83. The Labute approximate surface area is 47.6 Å². The average molecular weight is 113 g/mol. The summed E-state index contributed by atoms with van der Waals surface area (Å²) >= 11 is 0. The first kappa shape index (κ1) is 6.79. The van der Waals surface area contributed by atoms with E-state index in [1.54, 1.807) is 0 Å². The zero-order valence-corrected chi connectivity index (χ0v) is 4.60. The van der Waals surface area contributed by atoms with Crippen molar-refractivity contribution in [3.8, 4) is 0 Å². The molecule has 0 aromatic carbocycles. The lowest BCUT2D eigenvalue weighted by Gasteiger charge is -1.93. The fraction of sp³-hybridized carbons (Fsp3) is 0.200. The van der Waals surface area contributed by atoms with Crippen molar-refractivity contribution in [3.05, 3.63) is 18.5 Å². The second-order valence-corrected chi connectivity index (χ2v) is 1.06. The van der Waals surface area contributed by atoms with Gasteiger partial charge in [-0.2, -0.15) is 0 Å². The fourth-order valence-corrected chi connectivity index (χ4v) is 0.154. The summed E-state index contributed by atoms with van der Waals surface area (Å²) in [5, 5.41) is 0. The van der Waals surface area contributed by atoms with Gasteiger partial charge in [0, 0.05) is 6.92 Å². The molecule has 0 aliphatic heterocycles. The molecule has 0 aromatic rings. The molecule has 3 nitrogen and oxygen atoms in total. The molecule has 0 spiro atoms. The van der Waals surface area contributed by atoms with Gasteiger partial charge in [0.25, 0.3) is 0 Å². The molecule has 0 aliphatic rings. The zero-order chi connectivity index (χ0) is 6.41. The number of nitrogens with one attached hydrogen (secondary N) is 1. The molecule has 0 saturated heterocycles. The van der Waals surface area contributed by atoms with Crippen molar-refractivity contribution in [1.29, 1.82) is 0 Å². The Morgan fingerprint density at radius 1 is 2.00 bits per heavy atom. The first-order valence-electron chi connectivity index (χ1n) is 2.04. The lowest BCUT2D eigenvalue weighted by molar-refractivity contribution is -0.146. The molecule has 0 radical (unpaired) electrons. The van der Waals surface area contributed by atoms with Gasteiger partial charge in [0.2, 0.25) is 0 Å². The molecule has 0 aromatic heterocycles. The predicted octanol–water partition coefficient (Wildman–Crippen LogP) is 0.353. The number of carbonyl (C=O) groups is 1. The Morgan fingerprint density at radius 3 is 3.00 bits per heavy atom. The molecule has 0 saturated carbocycles. The van der Waals surface area contributed by atoms with Crippen molar-refractivity contribution in [2.75, 3.05) is 0 Å². The van der Waals surface area contributed by atoms with Gasteiger partial charge in [-0.1, -0.05) is 6.58 Å². The van der Waals surface area contributed by atoms with Crippen molar-refractivity contribution in [2.45, 2.75) is 6.92 Å². The van der Waals surface area contributed by atoms with Gasteiger partial charge in [-0.15, -0.1) is 5.73 Å². The largest absolute Gasteiger partial charge is 0.344 e. The van der Waals surface area contributed by atoms with Crippen LogP contribution in [0.2, 0.25) is 0 Å². The highest BCUT2D eigenvalue weighted by atomic mass is 16.7. The summed E-state index contributed by atoms with van der Waals surface area (Å²) in [5.74, 6) is -0.392. The van der Waals surface area contributed by atoms with Crippen molar-refractivity contribution in [2.24, 2.45) is 0 Å². The molecule has 0 amide bonds. The molecule has 0 heterocycles. The lowest BCUT2D eigenvalue weighted by Crippen LogP contribution is -2.09. The van der Waals surface area contributed by atoms with Crippen LogP contribution in [0.25, 0.3) is 0 Å². The highest BCUT2D eigenvalue weighted by Crippen LogP contribution is 1.65. The van der Waals surface area contributed by atoms with Crippen LogP contribution in [0.3, 0.4) is 0 Å². The van der Waals surface area contributed by atoms with Crippen LogP contribution in [-0.4, -0.2) is 5.97 Å². The summed E-state index contributed by atoms with van der Waals surface area (Å²) in [5.41, 5.74) is 4.55. The molecule has 0 bridgehead atoms. The van der Waals surface area contributed by atoms with Gasteiger partial charge in [-0.05, 0) is 0 Å². The lowest BCUT2D eigenvalue weighted by atomic mass is 10.8. The van der Waals surface area contributed by atoms with E-state index < -0.39 is 5.97 Å². The Balaban J connectivity index is 3.18. The van der Waals surface area contributed by atoms with E-state index in [4.69, 9.17) is 0 Å². The van der Waals surface area contributed by atoms with E-state index in [0.717, 1.165) is 0 Å². The molecule has 1 N–H and O–H groups in total. The minimum absolute atomic E-state index is 0.392. The van der Waals surface area contributed by atoms with Gasteiger partial charge >= 0.3 is 5.97 Å². The van der Waals surface area contributed by atoms with E-state index in [1.165, 1.54) is 13.1 Å². The van der Waals surface area contributed by atoms with Crippen molar-refractivity contribution in [3.63, 3.8) is 0 Å². The van der Waals surface area contributed by atoms with Gasteiger partial charge in [-0.3, -0.25) is 4.79 Å². The molecule has 0 unspecified atom stereocenters. The van der Waals surface area contributed by atoms with Gasteiger partial charge in [0.1, 0.15) is 0 Å². The number of hydrogen-bond donors (Lipinski definition) is 1. The molecular weight excluding hydrogens is 106 g/mol. The van der Waals surface area contributed by atoms with Crippen LogP contribution in [-0.2, 0) is 9.63 Å². The van der Waals surface area contributed by atoms with Crippen molar-refractivity contribution in [1.82, 2.24) is 5.48 Å². The Bertz CT molecular complexity index is 122. The van der Waals surface area contributed by atoms with Gasteiger partial charge in [0.15, 0.2) is 0 Å². The Morgan fingerprint density at radius 2 is 2.62 bits per heavy atom. The van der Waals surface area contributed by atoms with Crippen LogP contribution < -0.4 is 5.48 Å². The maximum atomic E-state index is 9.97. The normalized spacial score (nSPS) is 6.62. The third-order valence-electron chi connectivity index (χ3n) is 0.364. The molecule has 0 atom stereocenters. The number of hydroxylamine groups is 1. The van der Waals surface area contributed by atoms with Crippen molar-refractivity contribution >= 4 is 5.97 Å². The SMILES string of the molecule is C=C=CNOC(C)=O. The van der Waals surface area contributed by atoms with Gasteiger partial charge in [0.05, 0.1) is 6.20 Å². The fourth-order valence-electron chi connectivity index (χ4n) is 0.154. The van der Waals surface area contributed by atoms with Crippen LogP contribution in [0.5, 0.6) is 0 Å². The topological polar surface area (TPSA) is 38.3 Å². The maximum absolute atomic E-state index is 9.97. The predicted molar refractivity (Wildman–Crippen MR) is 28.6 cm³/mol. The summed E-state index contributed by atoms with van der Waals surface area (Å²) in [6, 6.07) is 0. The summed E-state index contributed by atoms with van der Waals surface area (Å²) < 4.78 is 0. The molecule has 0 rings (SSSR count). The van der Waals surface area contributed by atoms with Crippen LogP contribution in [0.4, 0.5) is 0 Å². The summed E-state index contributed by atoms with van der Waals surface area (Å²) in [7, 11) is 0. The summed E-state index contributed by atoms with van der Waals surface area (Å²) in [6.07, 6.45) is 1.29. The molecule has 44 valence electrons. The van der Waals surface area contributed by atoms with E-state index in [9.17, 15) is 4.79 Å². The first-order valence-corrected chi connectivity index (χ1v) is 2.04. The Hall–Kier alpha value is -1.21. The standard InChI is InChI=1S/C5H7NO2/c1-3-4-6-8-5(2)7/h4,6H,1H2,2H3. The smallest absolute Gasteiger partial charge is 0.329 e. The molecular formula is C5H7NO2. The number of rotatable bonds is 2. The quantitative estimate of drug-likeness (QED) is 0.415. The summed E-state index contributed by atoms with van der Waals surface area (Å²) in [6.45, 7) is 4.52. The minimum Gasteiger partial charge on any atom is -0.344 e. The van der Waals surface area contributed by atoms with E-state index in [1.807, 2.05) is 0 Å². The first-order chi connectivity index (χ1) is 3.77. The Kier molecular flexibility index (Phi) is 3.36. The summed E-state index contributed by atoms with van der Waals surface area (Å²) in [4.78, 5) is 14.2. The monoisotopic (exact) mass is 113 g/mol. The maximum Gasteiger partial charge on any atom is 0.329 e. The number of hydrogen-bond acceptors (Lipinski definition) is 3. The second-order valence-electron chi connectivity index (χ2n) is 1.06. The van der Waals surface area contributed by atoms with Crippen LogP contribution >= 0.6 is 0 Å². The highest BCUT2D eigenvalue weighted by molar-refractivity contribution is 5.65. The zero-order valence-electron chi connectivity index (χ0n) is 4.60. The average Bonchev–Trinajstić information content (AvgIpc) is 1.66. The second kappa shape index (κ2) is 3.96.